The number of carbonyl (C=O) groups is 1. The van der Waals surface area contributed by atoms with Gasteiger partial charge in [0.1, 0.15) is 6.04 Å². The molecule has 0 amide bonds. The lowest BCUT2D eigenvalue weighted by Gasteiger charge is -2.25. The number of nitrogens with zero attached hydrogens (tertiary/aromatic N) is 1. The second-order valence-electron chi connectivity index (χ2n) is 4.17. The molecule has 82 valence electrons. The van der Waals surface area contributed by atoms with Crippen molar-refractivity contribution >= 4 is 5.97 Å². The number of carboxylic acids is 1. The molecule has 1 fully saturated rings. The van der Waals surface area contributed by atoms with E-state index in [-0.39, 0.29) is 6.04 Å². The van der Waals surface area contributed by atoms with Crippen LogP contribution < -0.4 is 0 Å². The van der Waals surface area contributed by atoms with Crippen molar-refractivity contribution in [1.29, 1.82) is 0 Å². The lowest BCUT2D eigenvalue weighted by Crippen LogP contribution is -2.38. The van der Waals surface area contributed by atoms with Gasteiger partial charge in [-0.2, -0.15) is 0 Å². The summed E-state index contributed by atoms with van der Waals surface area (Å²) in [5.41, 5.74) is 0. The fourth-order valence-corrected chi connectivity index (χ4v) is 2.20. The van der Waals surface area contributed by atoms with E-state index in [1.165, 1.54) is 0 Å². The van der Waals surface area contributed by atoms with Crippen molar-refractivity contribution in [2.75, 3.05) is 13.1 Å². The summed E-state index contributed by atoms with van der Waals surface area (Å²) >= 11 is 0. The Labute approximate surface area is 86.1 Å². The summed E-state index contributed by atoms with van der Waals surface area (Å²) in [6.45, 7) is 6.29. The van der Waals surface area contributed by atoms with Gasteiger partial charge in [-0.05, 0) is 25.3 Å². The average molecular weight is 199 g/mol. The molecule has 0 saturated carbocycles. The Balaban J connectivity index is 2.46. The Morgan fingerprint density at radius 1 is 1.50 bits per heavy atom. The third-order valence-electron chi connectivity index (χ3n) is 3.30. The van der Waals surface area contributed by atoms with Crippen LogP contribution in [0.15, 0.2) is 0 Å². The van der Waals surface area contributed by atoms with Crippen LogP contribution in [0.5, 0.6) is 0 Å². The Kier molecular flexibility index (Phi) is 4.39. The number of hydrogen-bond acceptors (Lipinski definition) is 2. The summed E-state index contributed by atoms with van der Waals surface area (Å²) in [6.07, 6.45) is 4.17. The standard InChI is InChI=1S/C11H21NO2/c1-3-9(4-2)8-12-7-5-6-10(12)11(13)14/h9-10H,3-8H2,1-2H3,(H,13,14). The van der Waals surface area contributed by atoms with Crippen LogP contribution in [-0.4, -0.2) is 35.1 Å². The van der Waals surface area contributed by atoms with Crippen molar-refractivity contribution in [2.45, 2.75) is 45.6 Å². The molecular weight excluding hydrogens is 178 g/mol. The number of likely N-dealkylation sites (tertiary alicyclic amines) is 1. The lowest BCUT2D eigenvalue weighted by molar-refractivity contribution is -0.142. The zero-order valence-corrected chi connectivity index (χ0v) is 9.20. The minimum Gasteiger partial charge on any atom is -0.480 e. The van der Waals surface area contributed by atoms with Gasteiger partial charge in [0.25, 0.3) is 0 Å². The van der Waals surface area contributed by atoms with Crippen molar-refractivity contribution in [3.8, 4) is 0 Å². The van der Waals surface area contributed by atoms with Gasteiger partial charge in [-0.25, -0.2) is 0 Å². The minimum absolute atomic E-state index is 0.212. The highest BCUT2D eigenvalue weighted by atomic mass is 16.4. The minimum atomic E-state index is -0.645. The van der Waals surface area contributed by atoms with Crippen LogP contribution in [0.3, 0.4) is 0 Å². The summed E-state index contributed by atoms with van der Waals surface area (Å²) in [7, 11) is 0. The molecule has 1 saturated heterocycles. The van der Waals surface area contributed by atoms with Crippen LogP contribution >= 0.6 is 0 Å². The summed E-state index contributed by atoms with van der Waals surface area (Å²) in [4.78, 5) is 13.1. The molecule has 0 aromatic heterocycles. The molecule has 0 aliphatic carbocycles. The summed E-state index contributed by atoms with van der Waals surface area (Å²) in [5.74, 6) is 0.0170. The van der Waals surface area contributed by atoms with E-state index >= 15 is 0 Å². The van der Waals surface area contributed by atoms with Gasteiger partial charge in [-0.3, -0.25) is 9.69 Å². The zero-order chi connectivity index (χ0) is 10.6. The molecule has 3 nitrogen and oxygen atoms in total. The van der Waals surface area contributed by atoms with Crippen molar-refractivity contribution in [1.82, 2.24) is 4.90 Å². The quantitative estimate of drug-likeness (QED) is 0.736. The molecule has 14 heavy (non-hydrogen) atoms. The van der Waals surface area contributed by atoms with Crippen LogP contribution in [0.1, 0.15) is 39.5 Å². The average Bonchev–Trinajstić information content (AvgIpc) is 2.62. The van der Waals surface area contributed by atoms with Gasteiger partial charge < -0.3 is 5.11 Å². The van der Waals surface area contributed by atoms with Gasteiger partial charge >= 0.3 is 5.97 Å². The summed E-state index contributed by atoms with van der Waals surface area (Å²) < 4.78 is 0. The number of hydrogen-bond donors (Lipinski definition) is 1. The van der Waals surface area contributed by atoms with E-state index in [1.54, 1.807) is 0 Å². The molecule has 0 aromatic carbocycles. The molecule has 1 unspecified atom stereocenters. The van der Waals surface area contributed by atoms with Gasteiger partial charge in [-0.1, -0.05) is 26.7 Å². The molecular formula is C11H21NO2. The molecule has 1 aliphatic rings. The normalized spacial score (nSPS) is 23.2. The maximum absolute atomic E-state index is 10.9. The highest BCUT2D eigenvalue weighted by molar-refractivity contribution is 5.73. The molecule has 1 N–H and O–H groups in total. The van der Waals surface area contributed by atoms with E-state index in [4.69, 9.17) is 5.11 Å². The first-order valence-electron chi connectivity index (χ1n) is 5.65. The fourth-order valence-electron chi connectivity index (χ4n) is 2.20. The van der Waals surface area contributed by atoms with E-state index in [2.05, 4.69) is 18.7 Å². The van der Waals surface area contributed by atoms with Crippen molar-refractivity contribution in [3.63, 3.8) is 0 Å². The van der Waals surface area contributed by atoms with Crippen LogP contribution in [0, 0.1) is 5.92 Å². The van der Waals surface area contributed by atoms with Crippen LogP contribution in [0.4, 0.5) is 0 Å². The SMILES string of the molecule is CCC(CC)CN1CCCC1C(=O)O. The highest BCUT2D eigenvalue weighted by Gasteiger charge is 2.30. The number of rotatable bonds is 5. The van der Waals surface area contributed by atoms with Gasteiger partial charge in [0.05, 0.1) is 0 Å². The largest absolute Gasteiger partial charge is 0.480 e. The fraction of sp³-hybridized carbons (Fsp3) is 0.909. The topological polar surface area (TPSA) is 40.5 Å². The van der Waals surface area contributed by atoms with E-state index in [9.17, 15) is 4.79 Å². The van der Waals surface area contributed by atoms with E-state index in [0.29, 0.717) is 5.92 Å². The molecule has 0 radical (unpaired) electrons. The van der Waals surface area contributed by atoms with Crippen molar-refractivity contribution < 1.29 is 9.90 Å². The van der Waals surface area contributed by atoms with Crippen LogP contribution in [0.25, 0.3) is 0 Å². The third kappa shape index (κ3) is 2.71. The molecule has 1 atom stereocenters. The molecule has 1 aliphatic heterocycles. The first kappa shape index (κ1) is 11.5. The third-order valence-corrected chi connectivity index (χ3v) is 3.30. The van der Waals surface area contributed by atoms with E-state index in [0.717, 1.165) is 38.8 Å². The van der Waals surface area contributed by atoms with Gasteiger partial charge in [0, 0.05) is 6.54 Å². The number of aliphatic carboxylic acids is 1. The monoisotopic (exact) mass is 199 g/mol. The Hall–Kier alpha value is -0.570. The lowest BCUT2D eigenvalue weighted by atomic mass is 10.0. The van der Waals surface area contributed by atoms with Crippen LogP contribution in [0.2, 0.25) is 0 Å². The maximum atomic E-state index is 10.9. The van der Waals surface area contributed by atoms with E-state index < -0.39 is 5.97 Å². The predicted octanol–water partition coefficient (Wildman–Crippen LogP) is 1.97. The van der Waals surface area contributed by atoms with E-state index in [1.807, 2.05) is 0 Å². The molecule has 0 aromatic rings. The Bertz CT molecular complexity index is 190. The smallest absolute Gasteiger partial charge is 0.320 e. The first-order valence-corrected chi connectivity index (χ1v) is 5.65. The number of carboxylic acid groups (broad SMARTS) is 1. The van der Waals surface area contributed by atoms with Gasteiger partial charge in [0.15, 0.2) is 0 Å². The predicted molar refractivity (Wildman–Crippen MR) is 56.3 cm³/mol. The molecule has 1 rings (SSSR count). The molecule has 3 heteroatoms. The van der Waals surface area contributed by atoms with Gasteiger partial charge in [-0.15, -0.1) is 0 Å². The Morgan fingerprint density at radius 2 is 2.14 bits per heavy atom. The first-order chi connectivity index (χ1) is 6.69. The van der Waals surface area contributed by atoms with Crippen molar-refractivity contribution in [3.05, 3.63) is 0 Å². The molecule has 1 heterocycles. The summed E-state index contributed by atoms with van der Waals surface area (Å²) in [6, 6.07) is -0.212. The maximum Gasteiger partial charge on any atom is 0.320 e. The summed E-state index contributed by atoms with van der Waals surface area (Å²) in [5, 5.41) is 9.00. The van der Waals surface area contributed by atoms with Crippen LogP contribution in [-0.2, 0) is 4.79 Å². The molecule has 0 spiro atoms. The molecule has 0 bridgehead atoms. The second-order valence-corrected chi connectivity index (χ2v) is 4.17. The van der Waals surface area contributed by atoms with Crippen molar-refractivity contribution in [2.24, 2.45) is 5.92 Å². The second kappa shape index (κ2) is 5.35. The zero-order valence-electron chi connectivity index (χ0n) is 9.20. The van der Waals surface area contributed by atoms with Gasteiger partial charge in [0.2, 0.25) is 0 Å². The Morgan fingerprint density at radius 3 is 2.64 bits per heavy atom. The highest BCUT2D eigenvalue weighted by Crippen LogP contribution is 2.20.